The summed E-state index contributed by atoms with van der Waals surface area (Å²) in [6.45, 7) is 1.41. The number of amides is 1. The van der Waals surface area contributed by atoms with Crippen molar-refractivity contribution in [2.75, 3.05) is 21.3 Å². The summed E-state index contributed by atoms with van der Waals surface area (Å²) >= 11 is 14.1. The third-order valence-electron chi connectivity index (χ3n) is 4.72. The van der Waals surface area contributed by atoms with E-state index in [4.69, 9.17) is 42.1 Å². The highest BCUT2D eigenvalue weighted by atomic mass is 35.5. The average molecular weight is 481 g/mol. The fourth-order valence-electron chi connectivity index (χ4n) is 3.29. The monoisotopic (exact) mass is 480 g/mol. The summed E-state index contributed by atoms with van der Waals surface area (Å²) in [7, 11) is 4.55. The molecule has 0 spiro atoms. The third kappa shape index (κ3) is 3.75. The Labute approximate surface area is 192 Å². The van der Waals surface area contributed by atoms with E-state index in [1.807, 2.05) is 6.07 Å². The van der Waals surface area contributed by atoms with Gasteiger partial charge in [0.1, 0.15) is 4.88 Å². The molecule has 0 aliphatic carbocycles. The number of nitrogens with zero attached hydrogens (tertiary/aromatic N) is 2. The zero-order valence-corrected chi connectivity index (χ0v) is 19.4. The van der Waals surface area contributed by atoms with Crippen LogP contribution in [0.1, 0.15) is 23.6 Å². The van der Waals surface area contributed by atoms with E-state index in [2.05, 4.69) is 5.10 Å². The fourth-order valence-corrected chi connectivity index (χ4v) is 4.88. The van der Waals surface area contributed by atoms with Crippen LogP contribution in [0, 0.1) is 0 Å². The molecule has 3 aromatic rings. The second-order valence-corrected chi connectivity index (χ2v) is 8.45. The number of ether oxygens (including phenoxy) is 4. The molecule has 0 bridgehead atoms. The van der Waals surface area contributed by atoms with Crippen molar-refractivity contribution in [1.82, 2.24) is 5.01 Å². The maximum Gasteiger partial charge on any atom is 0.252 e. The van der Waals surface area contributed by atoms with Crippen molar-refractivity contribution < 1.29 is 23.7 Å². The molecule has 0 saturated heterocycles. The Bertz CT molecular complexity index is 1180. The molecule has 0 saturated carbocycles. The van der Waals surface area contributed by atoms with Crippen LogP contribution in [0.4, 0.5) is 0 Å². The van der Waals surface area contributed by atoms with E-state index < -0.39 is 6.23 Å². The van der Waals surface area contributed by atoms with Crippen molar-refractivity contribution in [3.8, 4) is 17.2 Å². The lowest BCUT2D eigenvalue weighted by Crippen LogP contribution is -2.25. The molecule has 1 aromatic heterocycles. The molecular weight excluding hydrogens is 463 g/mol. The predicted molar refractivity (Wildman–Crippen MR) is 121 cm³/mol. The van der Waals surface area contributed by atoms with Crippen molar-refractivity contribution in [2.24, 2.45) is 5.10 Å². The number of hydrazone groups is 1. The molecule has 4 rings (SSSR count). The maximum atomic E-state index is 12.3. The van der Waals surface area contributed by atoms with Gasteiger partial charge in [-0.1, -0.05) is 23.2 Å². The minimum absolute atomic E-state index is 0.247. The van der Waals surface area contributed by atoms with E-state index in [1.54, 1.807) is 24.3 Å². The number of carbonyl (C=O) groups excluding carboxylic acids is 1. The SMILES string of the molecule is COc1cc(C2OC(c3sc4ccc(Cl)cc4c3Cl)=NN2C(C)=O)cc(OC)c1OC. The highest BCUT2D eigenvalue weighted by molar-refractivity contribution is 7.21. The molecule has 1 atom stereocenters. The van der Waals surface area contributed by atoms with E-state index in [9.17, 15) is 4.79 Å². The number of carbonyl (C=O) groups is 1. The smallest absolute Gasteiger partial charge is 0.252 e. The summed E-state index contributed by atoms with van der Waals surface area (Å²) in [6, 6.07) is 8.89. The molecule has 1 aliphatic rings. The Kier molecular flexibility index (Phi) is 5.88. The van der Waals surface area contributed by atoms with Crippen molar-refractivity contribution in [3.05, 3.63) is 50.8 Å². The van der Waals surface area contributed by atoms with Gasteiger partial charge in [0, 0.05) is 27.6 Å². The van der Waals surface area contributed by atoms with Gasteiger partial charge in [-0.05, 0) is 30.3 Å². The molecule has 0 radical (unpaired) electrons. The van der Waals surface area contributed by atoms with Gasteiger partial charge in [0.15, 0.2) is 11.5 Å². The van der Waals surface area contributed by atoms with Gasteiger partial charge in [0.05, 0.1) is 26.4 Å². The van der Waals surface area contributed by atoms with Gasteiger partial charge in [-0.2, -0.15) is 5.01 Å². The standard InChI is InChI=1S/C21H18Cl2N2O5S/c1-10(26)25-21(11-7-14(27-2)18(29-4)15(8-11)28-3)30-20(24-25)19-17(23)13-9-12(22)5-6-16(13)31-19/h5-9,21H,1-4H3. The number of rotatable bonds is 5. The second kappa shape index (κ2) is 8.45. The van der Waals surface area contributed by atoms with Gasteiger partial charge < -0.3 is 18.9 Å². The van der Waals surface area contributed by atoms with Gasteiger partial charge >= 0.3 is 0 Å². The third-order valence-corrected chi connectivity index (χ3v) is 6.62. The zero-order chi connectivity index (χ0) is 22.3. The summed E-state index contributed by atoms with van der Waals surface area (Å²) < 4.78 is 23.3. The predicted octanol–water partition coefficient (Wildman–Crippen LogP) is 5.47. The molecular formula is C21H18Cl2N2O5S. The normalized spacial score (nSPS) is 15.6. The van der Waals surface area contributed by atoms with Crippen LogP contribution in [0.15, 0.2) is 35.4 Å². The van der Waals surface area contributed by atoms with Crippen LogP contribution in [-0.2, 0) is 9.53 Å². The lowest BCUT2D eigenvalue weighted by atomic mass is 10.1. The molecule has 1 amide bonds. The topological polar surface area (TPSA) is 69.6 Å². The highest BCUT2D eigenvalue weighted by Gasteiger charge is 2.36. The van der Waals surface area contributed by atoms with Crippen LogP contribution in [0.3, 0.4) is 0 Å². The minimum atomic E-state index is -0.828. The van der Waals surface area contributed by atoms with Crippen LogP contribution in [0.5, 0.6) is 17.2 Å². The van der Waals surface area contributed by atoms with Crippen molar-refractivity contribution in [2.45, 2.75) is 13.2 Å². The lowest BCUT2D eigenvalue weighted by Gasteiger charge is -2.21. The van der Waals surface area contributed by atoms with Gasteiger partial charge in [-0.15, -0.1) is 16.4 Å². The Morgan fingerprint density at radius 3 is 2.35 bits per heavy atom. The molecule has 10 heteroatoms. The molecule has 7 nitrogen and oxygen atoms in total. The van der Waals surface area contributed by atoms with Crippen LogP contribution >= 0.6 is 34.5 Å². The maximum absolute atomic E-state index is 12.3. The Hall–Kier alpha value is -2.68. The minimum Gasteiger partial charge on any atom is -0.493 e. The number of thiophene rings is 1. The van der Waals surface area contributed by atoms with E-state index in [0.29, 0.717) is 37.7 Å². The quantitative estimate of drug-likeness (QED) is 0.483. The average Bonchev–Trinajstić information content (AvgIpc) is 3.34. The lowest BCUT2D eigenvalue weighted by molar-refractivity contribution is -0.135. The first-order valence-electron chi connectivity index (χ1n) is 9.10. The first kappa shape index (κ1) is 21.5. The van der Waals surface area contributed by atoms with Gasteiger partial charge in [0.2, 0.25) is 17.9 Å². The molecule has 2 aromatic carbocycles. The van der Waals surface area contributed by atoms with Crippen LogP contribution < -0.4 is 14.2 Å². The Morgan fingerprint density at radius 1 is 1.10 bits per heavy atom. The van der Waals surface area contributed by atoms with E-state index in [-0.39, 0.29) is 11.8 Å². The number of halogens is 2. The second-order valence-electron chi connectivity index (χ2n) is 6.58. The zero-order valence-electron chi connectivity index (χ0n) is 17.1. The van der Waals surface area contributed by atoms with Crippen LogP contribution in [-0.4, -0.2) is 38.1 Å². The fraction of sp³-hybridized carbons (Fsp3) is 0.238. The Balaban J connectivity index is 1.78. The molecule has 1 aliphatic heterocycles. The molecule has 2 heterocycles. The van der Waals surface area contributed by atoms with Gasteiger partial charge in [-0.3, -0.25) is 4.79 Å². The summed E-state index contributed by atoms with van der Waals surface area (Å²) in [5.74, 6) is 1.26. The number of benzene rings is 2. The molecule has 0 fully saturated rings. The summed E-state index contributed by atoms with van der Waals surface area (Å²) in [5.41, 5.74) is 0.601. The van der Waals surface area contributed by atoms with Crippen molar-refractivity contribution in [3.63, 3.8) is 0 Å². The highest BCUT2D eigenvalue weighted by Crippen LogP contribution is 2.44. The number of hydrogen-bond acceptors (Lipinski definition) is 7. The van der Waals surface area contributed by atoms with Crippen molar-refractivity contribution >= 4 is 56.4 Å². The Morgan fingerprint density at radius 2 is 1.77 bits per heavy atom. The number of hydrogen-bond donors (Lipinski definition) is 0. The first-order chi connectivity index (χ1) is 14.9. The van der Waals surface area contributed by atoms with E-state index in [0.717, 1.165) is 10.1 Å². The largest absolute Gasteiger partial charge is 0.493 e. The van der Waals surface area contributed by atoms with Crippen molar-refractivity contribution in [1.29, 1.82) is 0 Å². The van der Waals surface area contributed by atoms with E-state index in [1.165, 1.54) is 44.6 Å². The van der Waals surface area contributed by atoms with Crippen LogP contribution in [0.2, 0.25) is 10.0 Å². The van der Waals surface area contributed by atoms with Gasteiger partial charge in [0.25, 0.3) is 5.90 Å². The van der Waals surface area contributed by atoms with Gasteiger partial charge in [-0.25, -0.2) is 0 Å². The summed E-state index contributed by atoms with van der Waals surface area (Å²) in [4.78, 5) is 13.0. The van der Waals surface area contributed by atoms with Crippen LogP contribution in [0.25, 0.3) is 10.1 Å². The number of fused-ring (bicyclic) bond motifs is 1. The molecule has 1 unspecified atom stereocenters. The number of methoxy groups -OCH3 is 3. The molecule has 31 heavy (non-hydrogen) atoms. The molecule has 162 valence electrons. The van der Waals surface area contributed by atoms with E-state index >= 15 is 0 Å². The molecule has 0 N–H and O–H groups in total. The first-order valence-corrected chi connectivity index (χ1v) is 10.7. The summed E-state index contributed by atoms with van der Waals surface area (Å²) in [6.07, 6.45) is -0.828. The summed E-state index contributed by atoms with van der Waals surface area (Å²) in [5, 5.41) is 7.50.